The van der Waals surface area contributed by atoms with Gasteiger partial charge < -0.3 is 5.32 Å². The van der Waals surface area contributed by atoms with Crippen LogP contribution in [-0.2, 0) is 0 Å². The van der Waals surface area contributed by atoms with E-state index in [-0.39, 0.29) is 12.8 Å². The SMILES string of the molecule is CCNC(CCCC(F)(F)F)c1ccc(F)c(F)c1. The largest absolute Gasteiger partial charge is 0.389 e. The van der Waals surface area contributed by atoms with Gasteiger partial charge in [0.1, 0.15) is 0 Å². The second-order valence-electron chi connectivity index (χ2n) is 4.29. The predicted molar refractivity (Wildman–Crippen MR) is 62.7 cm³/mol. The van der Waals surface area contributed by atoms with Crippen LogP contribution in [0.2, 0.25) is 0 Å². The van der Waals surface area contributed by atoms with Crippen LogP contribution in [0.4, 0.5) is 22.0 Å². The third-order valence-corrected chi connectivity index (χ3v) is 2.75. The number of benzene rings is 1. The summed E-state index contributed by atoms with van der Waals surface area (Å²) >= 11 is 0. The Labute approximate surface area is 108 Å². The summed E-state index contributed by atoms with van der Waals surface area (Å²) in [6.07, 6.45) is -4.90. The maximum absolute atomic E-state index is 13.1. The van der Waals surface area contributed by atoms with Crippen molar-refractivity contribution in [2.24, 2.45) is 0 Å². The molecule has 0 saturated heterocycles. The van der Waals surface area contributed by atoms with Crippen molar-refractivity contribution in [3.8, 4) is 0 Å². The molecule has 0 bridgehead atoms. The lowest BCUT2D eigenvalue weighted by Crippen LogP contribution is -2.21. The first kappa shape index (κ1) is 15.9. The molecule has 0 spiro atoms. The average molecular weight is 281 g/mol. The van der Waals surface area contributed by atoms with E-state index in [1.54, 1.807) is 6.92 Å². The standard InChI is InChI=1S/C13H16F5N/c1-2-19-12(4-3-7-13(16,17)18)9-5-6-10(14)11(15)8-9/h5-6,8,12,19H,2-4,7H2,1H3. The van der Waals surface area contributed by atoms with Gasteiger partial charge in [0.05, 0.1) is 0 Å². The van der Waals surface area contributed by atoms with Crippen molar-refractivity contribution in [2.45, 2.75) is 38.4 Å². The molecule has 0 aliphatic rings. The Morgan fingerprint density at radius 2 is 1.84 bits per heavy atom. The molecule has 1 aromatic rings. The fraction of sp³-hybridized carbons (Fsp3) is 0.538. The van der Waals surface area contributed by atoms with Crippen LogP contribution >= 0.6 is 0 Å². The van der Waals surface area contributed by atoms with Crippen molar-refractivity contribution < 1.29 is 22.0 Å². The van der Waals surface area contributed by atoms with E-state index < -0.39 is 30.3 Å². The number of halogens is 5. The first-order valence-corrected chi connectivity index (χ1v) is 6.08. The van der Waals surface area contributed by atoms with Gasteiger partial charge in [-0.2, -0.15) is 13.2 Å². The molecule has 1 atom stereocenters. The third kappa shape index (κ3) is 5.55. The summed E-state index contributed by atoms with van der Waals surface area (Å²) in [5, 5.41) is 2.98. The van der Waals surface area contributed by atoms with Gasteiger partial charge >= 0.3 is 6.18 Å². The normalized spacial score (nSPS) is 13.6. The molecular formula is C13H16F5N. The molecule has 0 amide bonds. The van der Waals surface area contributed by atoms with Gasteiger partial charge in [-0.25, -0.2) is 8.78 Å². The molecule has 1 N–H and O–H groups in total. The van der Waals surface area contributed by atoms with Crippen LogP contribution in [0.5, 0.6) is 0 Å². The zero-order valence-electron chi connectivity index (χ0n) is 10.5. The smallest absolute Gasteiger partial charge is 0.310 e. The molecule has 1 nitrogen and oxygen atoms in total. The van der Waals surface area contributed by atoms with Crippen molar-refractivity contribution >= 4 is 0 Å². The zero-order valence-corrected chi connectivity index (χ0v) is 10.5. The molecule has 0 saturated carbocycles. The predicted octanol–water partition coefficient (Wildman–Crippen LogP) is 4.35. The van der Waals surface area contributed by atoms with Crippen LogP contribution in [0.3, 0.4) is 0 Å². The quantitative estimate of drug-likeness (QED) is 0.764. The molecule has 1 rings (SSSR count). The molecule has 108 valence electrons. The summed E-state index contributed by atoms with van der Waals surface area (Å²) in [4.78, 5) is 0. The number of alkyl halides is 3. The van der Waals surface area contributed by atoms with Crippen molar-refractivity contribution in [3.05, 3.63) is 35.4 Å². The Balaban J connectivity index is 2.68. The van der Waals surface area contributed by atoms with Crippen molar-refractivity contribution in [2.75, 3.05) is 6.54 Å². The topological polar surface area (TPSA) is 12.0 Å². The van der Waals surface area contributed by atoms with Crippen molar-refractivity contribution in [1.82, 2.24) is 5.32 Å². The highest BCUT2D eigenvalue weighted by Gasteiger charge is 2.26. The Bertz CT molecular complexity index is 403. The van der Waals surface area contributed by atoms with Crippen LogP contribution in [0.25, 0.3) is 0 Å². The van der Waals surface area contributed by atoms with E-state index >= 15 is 0 Å². The maximum Gasteiger partial charge on any atom is 0.389 e. The molecule has 0 fully saturated rings. The van der Waals surface area contributed by atoms with E-state index in [0.717, 1.165) is 12.1 Å². The van der Waals surface area contributed by atoms with Crippen LogP contribution in [0.15, 0.2) is 18.2 Å². The highest BCUT2D eigenvalue weighted by atomic mass is 19.4. The summed E-state index contributed by atoms with van der Waals surface area (Å²) in [5.41, 5.74) is 0.461. The summed E-state index contributed by atoms with van der Waals surface area (Å²) in [7, 11) is 0. The van der Waals surface area contributed by atoms with E-state index in [2.05, 4.69) is 5.32 Å². The second-order valence-corrected chi connectivity index (χ2v) is 4.29. The van der Waals surface area contributed by atoms with Crippen molar-refractivity contribution in [1.29, 1.82) is 0 Å². The lowest BCUT2D eigenvalue weighted by atomic mass is 10.0. The third-order valence-electron chi connectivity index (χ3n) is 2.75. The Hall–Kier alpha value is -1.17. The van der Waals surface area contributed by atoms with E-state index in [4.69, 9.17) is 0 Å². The monoisotopic (exact) mass is 281 g/mol. The molecular weight excluding hydrogens is 265 g/mol. The van der Waals surface area contributed by atoms with Crippen LogP contribution in [0, 0.1) is 11.6 Å². The summed E-state index contributed by atoms with van der Waals surface area (Å²) < 4.78 is 62.2. The fourth-order valence-corrected chi connectivity index (χ4v) is 1.87. The molecule has 0 heterocycles. The average Bonchev–Trinajstić information content (AvgIpc) is 2.30. The summed E-state index contributed by atoms with van der Waals surface area (Å²) in [6.45, 7) is 2.34. The summed E-state index contributed by atoms with van der Waals surface area (Å²) in [5.74, 6) is -1.95. The molecule has 0 aliphatic carbocycles. The first-order valence-electron chi connectivity index (χ1n) is 6.08. The van der Waals surface area contributed by atoms with Gasteiger partial charge in [-0.1, -0.05) is 13.0 Å². The van der Waals surface area contributed by atoms with E-state index in [9.17, 15) is 22.0 Å². The van der Waals surface area contributed by atoms with Crippen molar-refractivity contribution in [3.63, 3.8) is 0 Å². The van der Waals surface area contributed by atoms with Gasteiger partial charge in [0.25, 0.3) is 0 Å². The molecule has 1 aromatic carbocycles. The minimum Gasteiger partial charge on any atom is -0.310 e. The minimum absolute atomic E-state index is 0.0554. The van der Waals surface area contributed by atoms with Crippen LogP contribution in [0.1, 0.15) is 37.8 Å². The molecule has 19 heavy (non-hydrogen) atoms. The second kappa shape index (κ2) is 6.84. The first-order chi connectivity index (χ1) is 8.83. The highest BCUT2D eigenvalue weighted by Crippen LogP contribution is 2.26. The molecule has 0 aliphatic heterocycles. The van der Waals surface area contributed by atoms with Gasteiger partial charge in [0.2, 0.25) is 0 Å². The highest BCUT2D eigenvalue weighted by molar-refractivity contribution is 5.21. The van der Waals surface area contributed by atoms with Gasteiger partial charge in [-0.3, -0.25) is 0 Å². The maximum atomic E-state index is 13.1. The van der Waals surface area contributed by atoms with Crippen LogP contribution in [-0.4, -0.2) is 12.7 Å². The van der Waals surface area contributed by atoms with Crippen LogP contribution < -0.4 is 5.32 Å². The van der Waals surface area contributed by atoms with E-state index in [0.29, 0.717) is 12.1 Å². The number of nitrogens with one attached hydrogen (secondary N) is 1. The van der Waals surface area contributed by atoms with Gasteiger partial charge in [-0.15, -0.1) is 0 Å². The Kier molecular flexibility index (Phi) is 5.72. The number of rotatable bonds is 6. The molecule has 0 radical (unpaired) electrons. The summed E-state index contributed by atoms with van der Waals surface area (Å²) in [6, 6.07) is 3.00. The van der Waals surface area contributed by atoms with E-state index in [1.165, 1.54) is 6.07 Å². The number of hydrogen-bond acceptors (Lipinski definition) is 1. The zero-order chi connectivity index (χ0) is 14.5. The fourth-order valence-electron chi connectivity index (χ4n) is 1.87. The Morgan fingerprint density at radius 1 is 1.16 bits per heavy atom. The lowest BCUT2D eigenvalue weighted by Gasteiger charge is -2.19. The Morgan fingerprint density at radius 3 is 2.37 bits per heavy atom. The molecule has 6 heteroatoms. The van der Waals surface area contributed by atoms with Gasteiger partial charge in [0.15, 0.2) is 11.6 Å². The molecule has 1 unspecified atom stereocenters. The van der Waals surface area contributed by atoms with Gasteiger partial charge in [0, 0.05) is 12.5 Å². The molecule has 0 aromatic heterocycles. The van der Waals surface area contributed by atoms with Gasteiger partial charge in [-0.05, 0) is 37.1 Å². The number of hydrogen-bond donors (Lipinski definition) is 1. The lowest BCUT2D eigenvalue weighted by molar-refractivity contribution is -0.135. The minimum atomic E-state index is -4.19. The van der Waals surface area contributed by atoms with E-state index in [1.807, 2.05) is 0 Å².